The highest BCUT2D eigenvalue weighted by molar-refractivity contribution is 7.59. The van der Waals surface area contributed by atoms with Gasteiger partial charge in [-0.2, -0.15) is 17.3 Å². The summed E-state index contributed by atoms with van der Waals surface area (Å²) in [6.07, 6.45) is 0. The van der Waals surface area contributed by atoms with Crippen LogP contribution in [0.3, 0.4) is 0 Å². The Bertz CT molecular complexity index is 46.5. The zero-order valence-electron chi connectivity index (χ0n) is 4.02. The highest BCUT2D eigenvalue weighted by Crippen LogP contribution is 1.78. The third kappa shape index (κ3) is 1410. The predicted octanol–water partition coefficient (Wildman–Crippen LogP) is 1.51. The van der Waals surface area contributed by atoms with Gasteiger partial charge in [-0.25, -0.2) is 0 Å². The summed E-state index contributed by atoms with van der Waals surface area (Å²) in [5, 5.41) is 7.42. The fourth-order valence-corrected chi connectivity index (χ4v) is 0. The minimum absolute atomic E-state index is 0. The molecule has 0 aliphatic rings. The molecule has 0 radical (unpaired) electrons. The zero-order chi connectivity index (χ0) is 6.28. The average molecular weight is 181 g/mol. The Kier molecular flexibility index (Phi) is 30.9. The predicted molar refractivity (Wildman–Crippen MR) is 36.5 cm³/mol. The number of hydrogen-bond acceptors (Lipinski definition) is 2. The van der Waals surface area contributed by atoms with Gasteiger partial charge in [0.25, 0.3) is 5.97 Å². The normalized spacial score (nSPS) is 5.38. The summed E-state index contributed by atoms with van der Waals surface area (Å²) in [4.78, 5) is 9.00. The van der Waals surface area contributed by atoms with Crippen molar-refractivity contribution in [3.63, 3.8) is 0 Å². The van der Waals surface area contributed by atoms with Gasteiger partial charge in [-0.1, -0.05) is 0 Å². The lowest BCUT2D eigenvalue weighted by molar-refractivity contribution is -0.134. The maximum absolute atomic E-state index is 9.00. The standard InChI is InChI=1S/C2H4O2.Cl2O.H2S/c1-2(3)4;1-3-2;/h1H3,(H,3,4);;1H2. The molecule has 0 aliphatic carbocycles. The Morgan fingerprint density at radius 1 is 1.62 bits per heavy atom. The van der Waals surface area contributed by atoms with Gasteiger partial charge in [0.15, 0.2) is 0 Å². The van der Waals surface area contributed by atoms with Gasteiger partial charge in [-0.05, 0) is 0 Å². The summed E-state index contributed by atoms with van der Waals surface area (Å²) in [7, 11) is 0. The summed E-state index contributed by atoms with van der Waals surface area (Å²) >= 11 is 8.53. The first-order valence-corrected chi connectivity index (χ1v) is 1.85. The highest BCUT2D eigenvalue weighted by atomic mass is 35.6. The molecular formula is C2H6Cl2O3S. The largest absolute Gasteiger partial charge is 0.481 e. The molecule has 0 saturated heterocycles. The SMILES string of the molecule is CC(=O)O.ClOCl.S. The molecule has 0 amide bonds. The van der Waals surface area contributed by atoms with E-state index in [1.807, 2.05) is 0 Å². The summed E-state index contributed by atoms with van der Waals surface area (Å²) in [5.41, 5.74) is 0. The van der Waals surface area contributed by atoms with Crippen LogP contribution in [-0.4, -0.2) is 11.1 Å². The van der Waals surface area contributed by atoms with Crippen molar-refractivity contribution < 1.29 is 13.7 Å². The van der Waals surface area contributed by atoms with Crippen molar-refractivity contribution in [1.82, 2.24) is 0 Å². The van der Waals surface area contributed by atoms with Crippen LogP contribution in [0.1, 0.15) is 6.92 Å². The summed E-state index contributed by atoms with van der Waals surface area (Å²) < 4.78 is 3.19. The number of carbonyl (C=O) groups is 1. The van der Waals surface area contributed by atoms with Crippen molar-refractivity contribution in [3.8, 4) is 0 Å². The molecule has 0 heterocycles. The number of carboxylic acid groups (broad SMARTS) is 1. The Hall–Kier alpha value is 0.360. The Labute approximate surface area is 64.3 Å². The van der Waals surface area contributed by atoms with E-state index in [2.05, 4.69) is 27.6 Å². The number of aliphatic carboxylic acids is 1. The van der Waals surface area contributed by atoms with Crippen LogP contribution in [-0.2, 0) is 8.64 Å². The second-order valence-electron chi connectivity index (χ2n) is 0.577. The van der Waals surface area contributed by atoms with E-state index in [1.165, 1.54) is 0 Å². The fourth-order valence-electron chi connectivity index (χ4n) is 0. The van der Waals surface area contributed by atoms with Crippen molar-refractivity contribution in [2.24, 2.45) is 0 Å². The monoisotopic (exact) mass is 180 g/mol. The third-order valence-corrected chi connectivity index (χ3v) is 0. The molecule has 0 rings (SSSR count). The molecule has 1 N–H and O–H groups in total. The van der Waals surface area contributed by atoms with E-state index in [1.54, 1.807) is 0 Å². The lowest BCUT2D eigenvalue weighted by atomic mass is 10.9. The number of halogens is 2. The van der Waals surface area contributed by atoms with Crippen LogP contribution in [0.5, 0.6) is 0 Å². The zero-order valence-corrected chi connectivity index (χ0v) is 6.53. The van der Waals surface area contributed by atoms with Crippen molar-refractivity contribution in [1.29, 1.82) is 0 Å². The van der Waals surface area contributed by atoms with Crippen molar-refractivity contribution in [2.45, 2.75) is 6.92 Å². The molecule has 0 atom stereocenters. The topological polar surface area (TPSA) is 46.5 Å². The van der Waals surface area contributed by atoms with E-state index in [9.17, 15) is 0 Å². The molecule has 0 aromatic heterocycles. The molecule has 0 aromatic rings. The maximum atomic E-state index is 9.00. The summed E-state index contributed by atoms with van der Waals surface area (Å²) in [6, 6.07) is 0. The van der Waals surface area contributed by atoms with E-state index in [-0.39, 0.29) is 13.5 Å². The second kappa shape index (κ2) is 15.7. The number of rotatable bonds is 0. The van der Waals surface area contributed by atoms with E-state index in [4.69, 9.17) is 9.90 Å². The molecule has 0 saturated carbocycles. The third-order valence-electron chi connectivity index (χ3n) is 0. The van der Waals surface area contributed by atoms with Gasteiger partial charge in [0.1, 0.15) is 0 Å². The maximum Gasteiger partial charge on any atom is 0.300 e. The molecule has 0 unspecified atom stereocenters. The van der Waals surface area contributed by atoms with Crippen LogP contribution in [0.4, 0.5) is 0 Å². The molecule has 0 aromatic carbocycles. The van der Waals surface area contributed by atoms with E-state index in [0.717, 1.165) is 6.92 Å². The van der Waals surface area contributed by atoms with Crippen LogP contribution < -0.4 is 0 Å². The van der Waals surface area contributed by atoms with Gasteiger partial charge in [-0.15, -0.1) is 0 Å². The minimum atomic E-state index is -0.833. The van der Waals surface area contributed by atoms with Crippen LogP contribution in [0.15, 0.2) is 0 Å². The van der Waals surface area contributed by atoms with Gasteiger partial charge in [0, 0.05) is 6.92 Å². The molecule has 0 spiro atoms. The van der Waals surface area contributed by atoms with Gasteiger partial charge in [0.05, 0.1) is 23.7 Å². The Morgan fingerprint density at radius 2 is 1.62 bits per heavy atom. The van der Waals surface area contributed by atoms with Crippen molar-refractivity contribution >= 4 is 43.2 Å². The quantitative estimate of drug-likeness (QED) is 0.616. The van der Waals surface area contributed by atoms with Crippen LogP contribution in [0.2, 0.25) is 0 Å². The first-order valence-electron chi connectivity index (χ1n) is 1.24. The van der Waals surface area contributed by atoms with E-state index in [0.29, 0.717) is 0 Å². The smallest absolute Gasteiger partial charge is 0.300 e. The first-order chi connectivity index (χ1) is 3.15. The summed E-state index contributed by atoms with van der Waals surface area (Å²) in [6.45, 7) is 1.08. The van der Waals surface area contributed by atoms with Crippen LogP contribution >= 0.6 is 37.2 Å². The Morgan fingerprint density at radius 3 is 1.62 bits per heavy atom. The summed E-state index contributed by atoms with van der Waals surface area (Å²) in [5.74, 6) is -0.833. The van der Waals surface area contributed by atoms with Crippen molar-refractivity contribution in [2.75, 3.05) is 0 Å². The Balaban J connectivity index is -0.0000000575. The molecule has 0 bridgehead atoms. The lowest BCUT2D eigenvalue weighted by Crippen LogP contribution is -1.78. The second-order valence-corrected chi connectivity index (χ2v) is 1.04. The molecule has 8 heavy (non-hydrogen) atoms. The molecule has 52 valence electrons. The van der Waals surface area contributed by atoms with Crippen molar-refractivity contribution in [3.05, 3.63) is 0 Å². The van der Waals surface area contributed by atoms with E-state index < -0.39 is 5.97 Å². The lowest BCUT2D eigenvalue weighted by Gasteiger charge is -1.59. The van der Waals surface area contributed by atoms with Gasteiger partial charge >= 0.3 is 0 Å². The number of carboxylic acids is 1. The first kappa shape index (κ1) is 15.8. The number of hydrogen-bond donors (Lipinski definition) is 1. The van der Waals surface area contributed by atoms with Gasteiger partial charge in [0.2, 0.25) is 0 Å². The molecule has 0 fully saturated rings. The van der Waals surface area contributed by atoms with Gasteiger partial charge < -0.3 is 5.11 Å². The molecule has 3 nitrogen and oxygen atoms in total. The minimum Gasteiger partial charge on any atom is -0.481 e. The average Bonchev–Trinajstić information content (AvgIpc) is 1.33. The molecule has 6 heteroatoms. The van der Waals surface area contributed by atoms with E-state index >= 15 is 0 Å². The highest BCUT2D eigenvalue weighted by Gasteiger charge is 1.65. The molecule has 0 aliphatic heterocycles. The fraction of sp³-hybridized carbons (Fsp3) is 0.500. The van der Waals surface area contributed by atoms with Crippen LogP contribution in [0.25, 0.3) is 0 Å². The molecular weight excluding hydrogens is 175 g/mol. The van der Waals surface area contributed by atoms with Gasteiger partial charge in [-0.3, -0.25) is 4.79 Å². The van der Waals surface area contributed by atoms with Crippen LogP contribution in [0, 0.1) is 0 Å².